The first-order valence-electron chi connectivity index (χ1n) is 2.55. The van der Waals surface area contributed by atoms with E-state index in [1.165, 1.54) is 0 Å². The molecule has 5 heteroatoms. The summed E-state index contributed by atoms with van der Waals surface area (Å²) in [5, 5.41) is -1.04. The fraction of sp³-hybridized carbons (Fsp3) is 1.00. The average molecular weight is 173 g/mol. The minimum Gasteiger partial charge on any atom is -0.323 e. The molecule has 0 aromatic heterocycles. The summed E-state index contributed by atoms with van der Waals surface area (Å²) < 4.78 is 10.3. The van der Waals surface area contributed by atoms with Crippen molar-refractivity contribution in [2.24, 2.45) is 5.92 Å². The predicted octanol–water partition coefficient (Wildman–Crippen LogP) is 1.38. The van der Waals surface area contributed by atoms with Crippen molar-refractivity contribution in [3.63, 3.8) is 0 Å². The summed E-state index contributed by atoms with van der Waals surface area (Å²) in [6.45, 7) is 3.33. The normalized spacial score (nSPS) is 16.2. The van der Waals surface area contributed by atoms with Crippen molar-refractivity contribution in [1.29, 1.82) is 0 Å². The third kappa shape index (κ3) is 3.21. The van der Waals surface area contributed by atoms with Crippen LogP contribution in [0.2, 0.25) is 0 Å². The van der Waals surface area contributed by atoms with Crippen LogP contribution in [0, 0.1) is 5.92 Å². The molecule has 0 rings (SSSR count). The molecule has 0 fully saturated rings. The highest BCUT2D eigenvalue weighted by Gasteiger charge is 2.28. The van der Waals surface area contributed by atoms with Crippen molar-refractivity contribution in [2.75, 3.05) is 0 Å². The lowest BCUT2D eigenvalue weighted by molar-refractivity contribution is 0.359. The van der Waals surface area contributed by atoms with Gasteiger partial charge < -0.3 is 9.79 Å². The molecule has 2 N–H and O–H groups in total. The molecule has 9 heavy (non-hydrogen) atoms. The molecule has 0 radical (unpaired) electrons. The summed E-state index contributed by atoms with van der Waals surface area (Å²) in [7, 11) is -4.05. The van der Waals surface area contributed by atoms with E-state index >= 15 is 0 Å². The smallest absolute Gasteiger partial charge is 0.323 e. The molecule has 1 atom stereocenters. The molecule has 0 aliphatic carbocycles. The Kier molecular flexibility index (Phi) is 3.17. The molecule has 0 saturated carbocycles. The van der Waals surface area contributed by atoms with Gasteiger partial charge in [0.1, 0.15) is 5.12 Å². The van der Waals surface area contributed by atoms with Gasteiger partial charge in [-0.05, 0) is 5.92 Å². The number of hydrogen-bond acceptors (Lipinski definition) is 1. The Labute approximate surface area is 59.2 Å². The first-order chi connectivity index (χ1) is 3.85. The van der Waals surface area contributed by atoms with Gasteiger partial charge in [0.25, 0.3) is 0 Å². The molecule has 3 nitrogen and oxygen atoms in total. The van der Waals surface area contributed by atoms with Crippen LogP contribution in [-0.4, -0.2) is 14.9 Å². The lowest BCUT2D eigenvalue weighted by Crippen LogP contribution is -2.07. The summed E-state index contributed by atoms with van der Waals surface area (Å²) in [6.07, 6.45) is 0. The van der Waals surface area contributed by atoms with E-state index in [4.69, 9.17) is 21.4 Å². The number of hydrogen-bond donors (Lipinski definition) is 2. The maximum atomic E-state index is 10.3. The van der Waals surface area contributed by atoms with Crippen molar-refractivity contribution < 1.29 is 14.4 Å². The number of rotatable bonds is 2. The molecule has 56 valence electrons. The van der Waals surface area contributed by atoms with Crippen LogP contribution >= 0.6 is 19.2 Å². The van der Waals surface area contributed by atoms with Crippen LogP contribution in [0.4, 0.5) is 0 Å². The van der Waals surface area contributed by atoms with Crippen LogP contribution in [0.15, 0.2) is 0 Å². The Morgan fingerprint density at radius 1 is 1.44 bits per heavy atom. The monoisotopic (exact) mass is 172 g/mol. The Morgan fingerprint density at radius 2 is 1.78 bits per heavy atom. The Balaban J connectivity index is 4.05. The summed E-state index contributed by atoms with van der Waals surface area (Å²) >= 11 is 5.33. The average Bonchev–Trinajstić information content (AvgIpc) is 1.62. The zero-order valence-electron chi connectivity index (χ0n) is 5.28. The van der Waals surface area contributed by atoms with Crippen LogP contribution in [0.25, 0.3) is 0 Å². The van der Waals surface area contributed by atoms with Gasteiger partial charge in [-0.15, -0.1) is 11.6 Å². The molecule has 0 aliphatic rings. The van der Waals surface area contributed by atoms with E-state index in [1.54, 1.807) is 13.8 Å². The van der Waals surface area contributed by atoms with E-state index in [0.29, 0.717) is 0 Å². The second-order valence-electron chi connectivity index (χ2n) is 2.21. The minimum atomic E-state index is -4.05. The van der Waals surface area contributed by atoms with E-state index in [2.05, 4.69) is 0 Å². The molecule has 0 amide bonds. The molecule has 0 aromatic carbocycles. The van der Waals surface area contributed by atoms with Gasteiger partial charge in [0.15, 0.2) is 0 Å². The molecule has 1 unspecified atom stereocenters. The summed E-state index contributed by atoms with van der Waals surface area (Å²) in [5.74, 6) is -0.188. The van der Waals surface area contributed by atoms with E-state index in [-0.39, 0.29) is 5.92 Å². The van der Waals surface area contributed by atoms with Crippen LogP contribution in [-0.2, 0) is 4.57 Å². The maximum absolute atomic E-state index is 10.3. The van der Waals surface area contributed by atoms with Gasteiger partial charge in [0.05, 0.1) is 0 Å². The van der Waals surface area contributed by atoms with Crippen LogP contribution in [0.3, 0.4) is 0 Å². The second kappa shape index (κ2) is 3.02. The third-order valence-electron chi connectivity index (χ3n) is 0.871. The molecule has 0 bridgehead atoms. The van der Waals surface area contributed by atoms with Crippen LogP contribution in [0.5, 0.6) is 0 Å². The largest absolute Gasteiger partial charge is 0.343 e. The Bertz CT molecular complexity index is 130. The zero-order chi connectivity index (χ0) is 7.65. The summed E-state index contributed by atoms with van der Waals surface area (Å²) in [5.41, 5.74) is 0. The van der Waals surface area contributed by atoms with Crippen molar-refractivity contribution in [3.8, 4) is 0 Å². The van der Waals surface area contributed by atoms with Gasteiger partial charge in [0, 0.05) is 0 Å². The Morgan fingerprint density at radius 3 is 1.78 bits per heavy atom. The SMILES string of the molecule is CC(C)C(Cl)P(=O)(O)O. The van der Waals surface area contributed by atoms with Gasteiger partial charge in [-0.2, -0.15) is 0 Å². The van der Waals surface area contributed by atoms with Gasteiger partial charge >= 0.3 is 7.60 Å². The first kappa shape index (κ1) is 9.44. The molecule has 0 spiro atoms. The fourth-order valence-corrected chi connectivity index (χ4v) is 1.17. The molecular formula is C4H10ClO3P. The molecule has 0 aromatic rings. The maximum Gasteiger partial charge on any atom is 0.343 e. The number of halogens is 1. The second-order valence-corrected chi connectivity index (χ2v) is 4.71. The van der Waals surface area contributed by atoms with E-state index in [1.807, 2.05) is 0 Å². The van der Waals surface area contributed by atoms with Gasteiger partial charge in [0.2, 0.25) is 0 Å². The molecular weight excluding hydrogens is 162 g/mol. The van der Waals surface area contributed by atoms with Crippen LogP contribution in [0.1, 0.15) is 13.8 Å². The quantitative estimate of drug-likeness (QED) is 0.489. The van der Waals surface area contributed by atoms with Crippen molar-refractivity contribution in [3.05, 3.63) is 0 Å². The van der Waals surface area contributed by atoms with E-state index < -0.39 is 12.7 Å². The molecule has 0 aliphatic heterocycles. The molecule has 0 heterocycles. The fourth-order valence-electron chi connectivity index (χ4n) is 0.388. The van der Waals surface area contributed by atoms with Gasteiger partial charge in [-0.25, -0.2) is 0 Å². The highest BCUT2D eigenvalue weighted by molar-refractivity contribution is 7.54. The standard InChI is InChI=1S/C4H10ClO3P/c1-3(2)4(5)9(6,7)8/h3-4H,1-2H3,(H2,6,7,8). The zero-order valence-corrected chi connectivity index (χ0v) is 6.93. The summed E-state index contributed by atoms with van der Waals surface area (Å²) in [4.78, 5) is 16.9. The summed E-state index contributed by atoms with van der Waals surface area (Å²) in [6, 6.07) is 0. The third-order valence-corrected chi connectivity index (χ3v) is 3.38. The predicted molar refractivity (Wildman–Crippen MR) is 36.5 cm³/mol. The lowest BCUT2D eigenvalue weighted by atomic mass is 10.3. The highest BCUT2D eigenvalue weighted by Crippen LogP contribution is 2.46. The van der Waals surface area contributed by atoms with Crippen molar-refractivity contribution >= 4 is 19.2 Å². The molecule has 0 saturated heterocycles. The highest BCUT2D eigenvalue weighted by atomic mass is 35.5. The van der Waals surface area contributed by atoms with E-state index in [0.717, 1.165) is 0 Å². The first-order valence-corrected chi connectivity index (χ1v) is 4.67. The topological polar surface area (TPSA) is 57.5 Å². The minimum absolute atomic E-state index is 0.188. The van der Waals surface area contributed by atoms with E-state index in [9.17, 15) is 4.57 Å². The van der Waals surface area contributed by atoms with Crippen molar-refractivity contribution in [1.82, 2.24) is 0 Å². The van der Waals surface area contributed by atoms with Gasteiger partial charge in [-0.3, -0.25) is 4.57 Å². The number of alkyl halides is 1. The van der Waals surface area contributed by atoms with Crippen LogP contribution < -0.4 is 0 Å². The van der Waals surface area contributed by atoms with Gasteiger partial charge in [-0.1, -0.05) is 13.8 Å². The Hall–Kier alpha value is 0.440. The van der Waals surface area contributed by atoms with Crippen molar-refractivity contribution in [2.45, 2.75) is 19.0 Å². The lowest BCUT2D eigenvalue weighted by Gasteiger charge is -2.13.